The highest BCUT2D eigenvalue weighted by atomic mass is 32.2. The molecule has 0 aliphatic carbocycles. The number of ether oxygens (including phenoxy) is 2. The third kappa shape index (κ3) is 8.35. The minimum absolute atomic E-state index is 0.0217. The van der Waals surface area contributed by atoms with Gasteiger partial charge in [0.15, 0.2) is 6.10 Å². The van der Waals surface area contributed by atoms with Gasteiger partial charge in [-0.2, -0.15) is 4.31 Å². The predicted octanol–water partition coefficient (Wildman–Crippen LogP) is 4.12. The van der Waals surface area contributed by atoms with Crippen molar-refractivity contribution in [2.45, 2.75) is 49.8 Å². The lowest BCUT2D eigenvalue weighted by molar-refractivity contribution is -0.129. The van der Waals surface area contributed by atoms with E-state index in [1.807, 2.05) is 19.9 Å². The average molecular weight is 646 g/mol. The maximum absolute atomic E-state index is 14.4. The van der Waals surface area contributed by atoms with Gasteiger partial charge in [0, 0.05) is 19.2 Å². The first-order valence-electron chi connectivity index (χ1n) is 14.5. The Labute approximate surface area is 261 Å². The molecule has 3 aromatic carbocycles. The van der Waals surface area contributed by atoms with Crippen LogP contribution in [0.5, 0.6) is 5.75 Å². The molecule has 242 valence electrons. The van der Waals surface area contributed by atoms with Crippen LogP contribution >= 0.6 is 0 Å². The van der Waals surface area contributed by atoms with Crippen LogP contribution in [0.2, 0.25) is 0 Å². The number of sulfonamides is 1. The molecular weight excluding hydrogens is 608 g/mol. The summed E-state index contributed by atoms with van der Waals surface area (Å²) in [6.07, 6.45) is -2.93. The Kier molecular flexibility index (Phi) is 11.1. The van der Waals surface area contributed by atoms with Gasteiger partial charge in [-0.15, -0.1) is 0 Å². The molecule has 0 aromatic heterocycles. The summed E-state index contributed by atoms with van der Waals surface area (Å²) >= 11 is 0. The van der Waals surface area contributed by atoms with Crippen LogP contribution in [0.1, 0.15) is 25.8 Å². The summed E-state index contributed by atoms with van der Waals surface area (Å²) in [5, 5.41) is 14.2. The smallest absolute Gasteiger partial charge is 0.415 e. The Morgan fingerprint density at radius 1 is 1.11 bits per heavy atom. The number of hydrogen-bond donors (Lipinski definition) is 2. The number of nitrogens with one attached hydrogen (secondary N) is 1. The van der Waals surface area contributed by atoms with E-state index in [0.29, 0.717) is 18.2 Å². The largest absolute Gasteiger partial charge is 0.497 e. The van der Waals surface area contributed by atoms with Crippen LogP contribution in [-0.4, -0.2) is 74.8 Å². The number of benzene rings is 3. The third-order valence-electron chi connectivity index (χ3n) is 7.70. The fraction of sp³-hybridized carbons (Fsp3) is 0.375. The van der Waals surface area contributed by atoms with Crippen LogP contribution in [-0.2, 0) is 26.0 Å². The number of hydrogen-bond acceptors (Lipinski definition) is 7. The molecule has 0 radical (unpaired) electrons. The van der Waals surface area contributed by atoms with Gasteiger partial charge in [-0.1, -0.05) is 50.6 Å². The number of carbonyl (C=O) groups is 2. The Morgan fingerprint density at radius 3 is 2.42 bits per heavy atom. The highest BCUT2D eigenvalue weighted by molar-refractivity contribution is 7.89. The van der Waals surface area contributed by atoms with Crippen molar-refractivity contribution in [3.63, 3.8) is 0 Å². The van der Waals surface area contributed by atoms with Gasteiger partial charge in [0.05, 0.1) is 36.4 Å². The first-order chi connectivity index (χ1) is 21.4. The second-order valence-electron chi connectivity index (χ2n) is 11.0. The van der Waals surface area contributed by atoms with Crippen molar-refractivity contribution >= 4 is 27.7 Å². The van der Waals surface area contributed by atoms with Crippen molar-refractivity contribution < 1.29 is 41.4 Å². The number of anilines is 1. The van der Waals surface area contributed by atoms with Crippen LogP contribution in [0.15, 0.2) is 77.7 Å². The summed E-state index contributed by atoms with van der Waals surface area (Å²) in [7, 11) is -2.59. The standard InChI is InChI=1S/C32H37F2N3O7S/c1-4-21(2)18-36(45(41,42)25-13-11-24(43-3)12-14-25)19-29(38)27(16-22-8-6-5-7-9-22)35-31(39)30-20-37(32(40)44-30)28-15-10-23(33)17-26(28)34/h5-15,17,21,27,29-30,38H,4,16,18-20H2,1-3H3,(H,35,39)/t21-,27-,29+,30-/m0/s1. The predicted molar refractivity (Wildman–Crippen MR) is 163 cm³/mol. The molecule has 0 unspecified atom stereocenters. The van der Waals surface area contributed by atoms with Gasteiger partial charge >= 0.3 is 6.09 Å². The maximum atomic E-state index is 14.4. The zero-order valence-corrected chi connectivity index (χ0v) is 26.0. The van der Waals surface area contributed by atoms with Crippen molar-refractivity contribution in [1.29, 1.82) is 0 Å². The van der Waals surface area contributed by atoms with E-state index < -0.39 is 51.9 Å². The molecule has 0 spiro atoms. The zero-order valence-electron chi connectivity index (χ0n) is 25.2. The van der Waals surface area contributed by atoms with E-state index in [-0.39, 0.29) is 42.6 Å². The quantitative estimate of drug-likeness (QED) is 0.270. The summed E-state index contributed by atoms with van der Waals surface area (Å²) in [4.78, 5) is 26.8. The number of rotatable bonds is 14. The number of cyclic esters (lactones) is 1. The van der Waals surface area contributed by atoms with Gasteiger partial charge in [0.1, 0.15) is 17.4 Å². The van der Waals surface area contributed by atoms with E-state index in [0.717, 1.165) is 22.6 Å². The number of aliphatic hydroxyl groups is 1. The third-order valence-corrected chi connectivity index (χ3v) is 9.54. The highest BCUT2D eigenvalue weighted by Crippen LogP contribution is 2.26. The summed E-state index contributed by atoms with van der Waals surface area (Å²) in [6, 6.07) is 16.6. The fourth-order valence-corrected chi connectivity index (χ4v) is 6.48. The number of methoxy groups -OCH3 is 1. The van der Waals surface area contributed by atoms with Crippen LogP contribution in [0.3, 0.4) is 0 Å². The van der Waals surface area contributed by atoms with Gasteiger partial charge in [0.25, 0.3) is 5.91 Å². The lowest BCUT2D eigenvalue weighted by Crippen LogP contribution is -2.53. The SMILES string of the molecule is CC[C@H](C)CN(C[C@@H](O)[C@H](Cc1ccccc1)NC(=O)[C@@H]1CN(c2ccc(F)cc2F)C(=O)O1)S(=O)(=O)c1ccc(OC)cc1. The van der Waals surface area contributed by atoms with E-state index in [1.165, 1.54) is 35.7 Å². The molecule has 1 heterocycles. The molecule has 2 amide bonds. The van der Waals surface area contributed by atoms with E-state index >= 15 is 0 Å². The Balaban J connectivity index is 1.56. The van der Waals surface area contributed by atoms with Gasteiger partial charge in [0.2, 0.25) is 10.0 Å². The molecule has 10 nitrogen and oxygen atoms in total. The molecule has 4 atom stereocenters. The number of halogens is 2. The average Bonchev–Trinajstić information content (AvgIpc) is 3.41. The van der Waals surface area contributed by atoms with Crippen LogP contribution in [0, 0.1) is 17.6 Å². The molecule has 3 aromatic rings. The molecule has 13 heteroatoms. The lowest BCUT2D eigenvalue weighted by atomic mass is 10.0. The molecule has 1 saturated heterocycles. The monoisotopic (exact) mass is 645 g/mol. The molecule has 1 fully saturated rings. The molecule has 0 saturated carbocycles. The van der Waals surface area contributed by atoms with E-state index in [2.05, 4.69) is 5.32 Å². The minimum atomic E-state index is -4.06. The van der Waals surface area contributed by atoms with Crippen LogP contribution in [0.4, 0.5) is 19.3 Å². The first-order valence-corrected chi connectivity index (χ1v) is 16.0. The molecular formula is C32H37F2N3O7S. The van der Waals surface area contributed by atoms with Crippen molar-refractivity contribution in [3.05, 3.63) is 90.0 Å². The Hall–Kier alpha value is -4.07. The van der Waals surface area contributed by atoms with Crippen molar-refractivity contribution in [3.8, 4) is 5.75 Å². The summed E-state index contributed by atoms with van der Waals surface area (Å²) in [5.74, 6) is -2.14. The van der Waals surface area contributed by atoms with Crippen molar-refractivity contribution in [2.24, 2.45) is 5.92 Å². The summed E-state index contributed by atoms with van der Waals surface area (Å²) in [6.45, 7) is 3.26. The number of carbonyl (C=O) groups excluding carboxylic acids is 2. The summed E-state index contributed by atoms with van der Waals surface area (Å²) < 4.78 is 66.8. The Bertz CT molecular complexity index is 1580. The van der Waals surface area contributed by atoms with E-state index in [1.54, 1.807) is 24.3 Å². The zero-order chi connectivity index (χ0) is 32.7. The van der Waals surface area contributed by atoms with Crippen molar-refractivity contribution in [1.82, 2.24) is 9.62 Å². The molecule has 2 N–H and O–H groups in total. The molecule has 4 rings (SSSR count). The number of nitrogens with zero attached hydrogens (tertiary/aromatic N) is 2. The minimum Gasteiger partial charge on any atom is -0.497 e. The van der Waals surface area contributed by atoms with E-state index in [9.17, 15) is 31.9 Å². The van der Waals surface area contributed by atoms with Crippen LogP contribution < -0.4 is 15.0 Å². The van der Waals surface area contributed by atoms with Crippen molar-refractivity contribution in [2.75, 3.05) is 31.6 Å². The van der Waals surface area contributed by atoms with Crippen LogP contribution in [0.25, 0.3) is 0 Å². The second kappa shape index (κ2) is 14.8. The van der Waals surface area contributed by atoms with E-state index in [4.69, 9.17) is 9.47 Å². The molecule has 1 aliphatic heterocycles. The Morgan fingerprint density at radius 2 is 1.80 bits per heavy atom. The van der Waals surface area contributed by atoms with Gasteiger partial charge < -0.3 is 19.9 Å². The molecule has 0 bridgehead atoms. The number of amides is 2. The highest BCUT2D eigenvalue weighted by Gasteiger charge is 2.40. The van der Waals surface area contributed by atoms with Gasteiger partial charge in [-0.05, 0) is 54.3 Å². The molecule has 45 heavy (non-hydrogen) atoms. The first kappa shape index (κ1) is 33.8. The second-order valence-corrected chi connectivity index (χ2v) is 12.9. The number of aliphatic hydroxyl groups excluding tert-OH is 1. The molecule has 1 aliphatic rings. The fourth-order valence-electron chi connectivity index (χ4n) is 4.90. The van der Waals surface area contributed by atoms with Gasteiger partial charge in [-0.25, -0.2) is 22.0 Å². The summed E-state index contributed by atoms with van der Waals surface area (Å²) in [5.41, 5.74) is 0.508. The topological polar surface area (TPSA) is 125 Å². The normalized spacial score (nSPS) is 17.1. The lowest BCUT2D eigenvalue weighted by Gasteiger charge is -2.31. The maximum Gasteiger partial charge on any atom is 0.415 e. The van der Waals surface area contributed by atoms with Gasteiger partial charge in [-0.3, -0.25) is 9.69 Å².